The normalized spacial score (nSPS) is 16.1. The van der Waals surface area contributed by atoms with Crippen molar-refractivity contribution < 1.29 is 0 Å². The molecule has 1 fully saturated rings. The van der Waals surface area contributed by atoms with Crippen LogP contribution in [-0.4, -0.2) is 15.2 Å². The summed E-state index contributed by atoms with van der Waals surface area (Å²) in [5.74, 6) is 0.680. The van der Waals surface area contributed by atoms with Gasteiger partial charge < -0.3 is 0 Å². The van der Waals surface area contributed by atoms with Gasteiger partial charge in [0.05, 0.1) is 5.01 Å². The van der Waals surface area contributed by atoms with Gasteiger partial charge in [0.15, 0.2) is 5.15 Å². The van der Waals surface area contributed by atoms with E-state index in [1.165, 1.54) is 24.3 Å². The zero-order chi connectivity index (χ0) is 11.0. The van der Waals surface area contributed by atoms with E-state index in [0.29, 0.717) is 11.1 Å². The quantitative estimate of drug-likeness (QED) is 0.820. The van der Waals surface area contributed by atoms with Gasteiger partial charge in [0.1, 0.15) is 11.4 Å². The molecule has 0 atom stereocenters. The van der Waals surface area contributed by atoms with Gasteiger partial charge >= 0.3 is 0 Å². The summed E-state index contributed by atoms with van der Waals surface area (Å²) in [6.07, 6.45) is 3.89. The van der Waals surface area contributed by atoms with Crippen LogP contribution in [0.15, 0.2) is 17.5 Å². The second-order valence-corrected chi connectivity index (χ2v) is 5.22. The van der Waals surface area contributed by atoms with Crippen LogP contribution in [0.4, 0.5) is 0 Å². The third-order valence-corrected chi connectivity index (χ3v) is 4.08. The number of thiazole rings is 1. The summed E-state index contributed by atoms with van der Waals surface area (Å²) in [6, 6.07) is 3.60. The van der Waals surface area contributed by atoms with Crippen LogP contribution in [0.1, 0.15) is 30.2 Å². The average molecular weight is 252 g/mol. The summed E-state index contributed by atoms with van der Waals surface area (Å²) >= 11 is 7.42. The molecule has 0 saturated heterocycles. The molecule has 3 rings (SSSR count). The topological polar surface area (TPSA) is 38.7 Å². The molecule has 0 aliphatic heterocycles. The Labute approximate surface area is 103 Å². The Bertz CT molecular complexity index is 490. The highest BCUT2D eigenvalue weighted by Gasteiger charge is 2.22. The molecule has 1 aliphatic rings. The first kappa shape index (κ1) is 10.2. The lowest BCUT2D eigenvalue weighted by Crippen LogP contribution is -2.08. The lowest BCUT2D eigenvalue weighted by atomic mass is 9.86. The number of hydrogen-bond donors (Lipinski definition) is 0. The standard InChI is InChI=1S/C11H10ClN3S/c12-10-5-4-8(14-15-10)9-6-16-11(13-9)7-2-1-3-7/h4-7H,1-3H2. The van der Waals surface area contributed by atoms with Gasteiger partial charge in [-0.25, -0.2) is 4.98 Å². The van der Waals surface area contributed by atoms with Crippen molar-refractivity contribution in [3.05, 3.63) is 27.7 Å². The van der Waals surface area contributed by atoms with Crippen molar-refractivity contribution in [1.82, 2.24) is 15.2 Å². The molecule has 0 bridgehead atoms. The lowest BCUT2D eigenvalue weighted by Gasteiger charge is -2.22. The first-order valence-corrected chi connectivity index (χ1v) is 6.54. The molecule has 82 valence electrons. The molecule has 5 heteroatoms. The average Bonchev–Trinajstić information content (AvgIpc) is 2.65. The molecule has 1 aliphatic carbocycles. The fraction of sp³-hybridized carbons (Fsp3) is 0.364. The Balaban J connectivity index is 1.88. The van der Waals surface area contributed by atoms with Crippen LogP contribution >= 0.6 is 22.9 Å². The van der Waals surface area contributed by atoms with E-state index in [-0.39, 0.29) is 0 Å². The Morgan fingerprint density at radius 3 is 2.69 bits per heavy atom. The number of halogens is 1. The third kappa shape index (κ3) is 1.83. The van der Waals surface area contributed by atoms with Crippen molar-refractivity contribution in [2.75, 3.05) is 0 Å². The molecule has 0 aromatic carbocycles. The van der Waals surface area contributed by atoms with Crippen LogP contribution in [0.2, 0.25) is 5.15 Å². The van der Waals surface area contributed by atoms with Gasteiger partial charge in [-0.15, -0.1) is 21.5 Å². The van der Waals surface area contributed by atoms with Crippen LogP contribution in [0.3, 0.4) is 0 Å². The third-order valence-electron chi connectivity index (χ3n) is 2.87. The van der Waals surface area contributed by atoms with Gasteiger partial charge in [-0.05, 0) is 25.0 Å². The Morgan fingerprint density at radius 2 is 2.06 bits per heavy atom. The van der Waals surface area contributed by atoms with Crippen molar-refractivity contribution >= 4 is 22.9 Å². The van der Waals surface area contributed by atoms with Gasteiger partial charge in [0.25, 0.3) is 0 Å². The van der Waals surface area contributed by atoms with Crippen LogP contribution in [0.5, 0.6) is 0 Å². The molecule has 0 spiro atoms. The molecule has 0 radical (unpaired) electrons. The molecule has 0 N–H and O–H groups in total. The molecule has 2 aromatic heterocycles. The van der Waals surface area contributed by atoms with E-state index in [0.717, 1.165) is 11.4 Å². The largest absolute Gasteiger partial charge is 0.239 e. The smallest absolute Gasteiger partial charge is 0.151 e. The van der Waals surface area contributed by atoms with Gasteiger partial charge in [-0.2, -0.15) is 0 Å². The fourth-order valence-corrected chi connectivity index (χ4v) is 2.79. The maximum atomic E-state index is 5.69. The molecule has 1 saturated carbocycles. The maximum Gasteiger partial charge on any atom is 0.151 e. The highest BCUT2D eigenvalue weighted by Crippen LogP contribution is 2.38. The number of nitrogens with zero attached hydrogens (tertiary/aromatic N) is 3. The Morgan fingerprint density at radius 1 is 1.19 bits per heavy atom. The molecule has 3 nitrogen and oxygen atoms in total. The van der Waals surface area contributed by atoms with Crippen molar-refractivity contribution in [2.45, 2.75) is 25.2 Å². The predicted octanol–water partition coefficient (Wildman–Crippen LogP) is 3.52. The summed E-state index contributed by atoms with van der Waals surface area (Å²) in [6.45, 7) is 0. The van der Waals surface area contributed by atoms with E-state index < -0.39 is 0 Å². The van der Waals surface area contributed by atoms with Crippen LogP contribution in [0, 0.1) is 0 Å². The first-order valence-electron chi connectivity index (χ1n) is 5.28. The van der Waals surface area contributed by atoms with E-state index in [9.17, 15) is 0 Å². The van der Waals surface area contributed by atoms with E-state index >= 15 is 0 Å². The molecular weight excluding hydrogens is 242 g/mol. The second-order valence-electron chi connectivity index (χ2n) is 3.94. The Kier molecular flexibility index (Phi) is 2.61. The minimum absolute atomic E-state index is 0.415. The summed E-state index contributed by atoms with van der Waals surface area (Å²) in [5, 5.41) is 11.5. The van der Waals surface area contributed by atoms with Crippen molar-refractivity contribution in [2.24, 2.45) is 0 Å². The lowest BCUT2D eigenvalue weighted by molar-refractivity contribution is 0.418. The van der Waals surface area contributed by atoms with Crippen LogP contribution in [0.25, 0.3) is 11.4 Å². The van der Waals surface area contributed by atoms with Crippen LogP contribution in [-0.2, 0) is 0 Å². The molecular formula is C11H10ClN3S. The van der Waals surface area contributed by atoms with E-state index in [1.54, 1.807) is 17.4 Å². The molecule has 0 unspecified atom stereocenters. The molecule has 0 amide bonds. The van der Waals surface area contributed by atoms with Gasteiger partial charge in [0, 0.05) is 11.3 Å². The van der Waals surface area contributed by atoms with Gasteiger partial charge in [0.2, 0.25) is 0 Å². The van der Waals surface area contributed by atoms with Crippen LogP contribution < -0.4 is 0 Å². The van der Waals surface area contributed by atoms with Gasteiger partial charge in [-0.3, -0.25) is 0 Å². The summed E-state index contributed by atoms with van der Waals surface area (Å²) in [7, 11) is 0. The monoisotopic (exact) mass is 251 g/mol. The van der Waals surface area contributed by atoms with Crippen molar-refractivity contribution in [1.29, 1.82) is 0 Å². The van der Waals surface area contributed by atoms with Crippen molar-refractivity contribution in [3.63, 3.8) is 0 Å². The SMILES string of the molecule is Clc1ccc(-c2csc(C3CCC3)n2)nn1. The highest BCUT2D eigenvalue weighted by atomic mass is 35.5. The molecule has 16 heavy (non-hydrogen) atoms. The molecule has 2 aromatic rings. The summed E-state index contributed by atoms with van der Waals surface area (Å²) in [5.41, 5.74) is 1.71. The second kappa shape index (κ2) is 4.11. The predicted molar refractivity (Wildman–Crippen MR) is 64.7 cm³/mol. The minimum atomic E-state index is 0.415. The Hall–Kier alpha value is -1.00. The zero-order valence-electron chi connectivity index (χ0n) is 8.56. The van der Waals surface area contributed by atoms with E-state index in [1.807, 2.05) is 11.4 Å². The van der Waals surface area contributed by atoms with Crippen molar-refractivity contribution in [3.8, 4) is 11.4 Å². The number of rotatable bonds is 2. The maximum absolute atomic E-state index is 5.69. The van der Waals surface area contributed by atoms with E-state index in [4.69, 9.17) is 11.6 Å². The minimum Gasteiger partial charge on any atom is -0.239 e. The number of aromatic nitrogens is 3. The highest BCUT2D eigenvalue weighted by molar-refractivity contribution is 7.10. The summed E-state index contributed by atoms with van der Waals surface area (Å²) < 4.78 is 0. The first-order chi connectivity index (χ1) is 7.83. The summed E-state index contributed by atoms with van der Waals surface area (Å²) in [4.78, 5) is 4.61. The van der Waals surface area contributed by atoms with Gasteiger partial charge in [-0.1, -0.05) is 18.0 Å². The number of hydrogen-bond acceptors (Lipinski definition) is 4. The zero-order valence-corrected chi connectivity index (χ0v) is 10.1. The fourth-order valence-electron chi connectivity index (χ4n) is 1.70. The molecule has 2 heterocycles. The van der Waals surface area contributed by atoms with E-state index in [2.05, 4.69) is 15.2 Å².